The Balaban J connectivity index is 1.78. The van der Waals surface area contributed by atoms with Gasteiger partial charge in [-0.15, -0.1) is 0 Å². The second-order valence-electron chi connectivity index (χ2n) is 7.56. The smallest absolute Gasteiger partial charge is 0.262 e. The van der Waals surface area contributed by atoms with E-state index in [1.807, 2.05) is 18.2 Å². The minimum Gasteiger partial charge on any atom is -0.497 e. The Hall–Kier alpha value is -3.87. The molecule has 3 aromatic heterocycles. The molecule has 31 heavy (non-hydrogen) atoms. The predicted molar refractivity (Wildman–Crippen MR) is 119 cm³/mol. The van der Waals surface area contributed by atoms with Crippen LogP contribution in [-0.2, 0) is 0 Å². The minimum absolute atomic E-state index is 0.161. The molecule has 0 amide bonds. The molecule has 0 saturated carbocycles. The van der Waals surface area contributed by atoms with Gasteiger partial charge in [0, 0.05) is 6.20 Å². The van der Waals surface area contributed by atoms with Crippen molar-refractivity contribution in [1.82, 2.24) is 19.6 Å². The monoisotopic (exact) mass is 414 g/mol. The van der Waals surface area contributed by atoms with E-state index in [4.69, 9.17) is 4.74 Å². The molecular weight excluding hydrogens is 392 g/mol. The van der Waals surface area contributed by atoms with E-state index in [0.717, 1.165) is 36.8 Å². The SMILES string of the molecule is COc1ccc(-c2c(O)n3nc(-c4ccccn4)c(C4=CCCCC4)c3[nH]c2=O)cc1. The Morgan fingerprint density at radius 3 is 2.61 bits per heavy atom. The van der Waals surface area contributed by atoms with Gasteiger partial charge in [-0.1, -0.05) is 24.3 Å². The number of pyridine rings is 1. The fourth-order valence-corrected chi connectivity index (χ4v) is 4.13. The maximum Gasteiger partial charge on any atom is 0.262 e. The van der Waals surface area contributed by atoms with Gasteiger partial charge in [0.2, 0.25) is 5.88 Å². The molecule has 0 fully saturated rings. The van der Waals surface area contributed by atoms with Gasteiger partial charge in [-0.25, -0.2) is 0 Å². The van der Waals surface area contributed by atoms with Gasteiger partial charge >= 0.3 is 0 Å². The minimum atomic E-state index is -0.375. The van der Waals surface area contributed by atoms with Crippen LogP contribution in [0.15, 0.2) is 59.5 Å². The molecule has 0 radical (unpaired) electrons. The first-order chi connectivity index (χ1) is 15.2. The quantitative estimate of drug-likeness (QED) is 0.516. The predicted octanol–water partition coefficient (Wildman–Crippen LogP) is 4.42. The standard InChI is InChI=1S/C24H22N4O3/c1-31-17-12-10-16(11-13-17)20-23(29)26-22-19(15-7-3-2-4-8-15)21(27-28(22)24(20)30)18-9-5-6-14-25-18/h5-7,9-14,30H,2-4,8H2,1H3,(H,26,29). The fraction of sp³-hybridized carbons (Fsp3) is 0.208. The summed E-state index contributed by atoms with van der Waals surface area (Å²) in [6.45, 7) is 0. The van der Waals surface area contributed by atoms with E-state index >= 15 is 0 Å². The van der Waals surface area contributed by atoms with Crippen LogP contribution in [0.3, 0.4) is 0 Å². The molecule has 1 aliphatic carbocycles. The third-order valence-electron chi connectivity index (χ3n) is 5.67. The van der Waals surface area contributed by atoms with Gasteiger partial charge in [0.15, 0.2) is 0 Å². The third kappa shape index (κ3) is 3.28. The largest absolute Gasteiger partial charge is 0.497 e. The number of benzene rings is 1. The topological polar surface area (TPSA) is 92.5 Å². The fourth-order valence-electron chi connectivity index (χ4n) is 4.13. The number of fused-ring (bicyclic) bond motifs is 1. The second-order valence-corrected chi connectivity index (χ2v) is 7.56. The molecule has 2 N–H and O–H groups in total. The van der Waals surface area contributed by atoms with Gasteiger partial charge in [-0.05, 0) is 61.1 Å². The van der Waals surface area contributed by atoms with Gasteiger partial charge in [0.25, 0.3) is 5.56 Å². The zero-order valence-corrected chi connectivity index (χ0v) is 17.1. The van der Waals surface area contributed by atoms with Crippen molar-refractivity contribution in [1.29, 1.82) is 0 Å². The Morgan fingerprint density at radius 1 is 1.10 bits per heavy atom. The number of methoxy groups -OCH3 is 1. The summed E-state index contributed by atoms with van der Waals surface area (Å²) >= 11 is 0. The molecule has 7 nitrogen and oxygen atoms in total. The molecule has 0 aliphatic heterocycles. The van der Waals surface area contributed by atoms with Crippen LogP contribution >= 0.6 is 0 Å². The summed E-state index contributed by atoms with van der Waals surface area (Å²) in [5.41, 5.74) is 4.13. The molecule has 7 heteroatoms. The Bertz CT molecular complexity index is 1340. The summed E-state index contributed by atoms with van der Waals surface area (Å²) in [5.74, 6) is 0.465. The van der Waals surface area contributed by atoms with Crippen molar-refractivity contribution in [2.75, 3.05) is 7.11 Å². The number of hydrogen-bond donors (Lipinski definition) is 2. The zero-order chi connectivity index (χ0) is 21.4. The molecular formula is C24H22N4O3. The van der Waals surface area contributed by atoms with E-state index in [1.54, 1.807) is 37.6 Å². The summed E-state index contributed by atoms with van der Waals surface area (Å²) in [6.07, 6.45) is 8.00. The van der Waals surface area contributed by atoms with Crippen molar-refractivity contribution in [3.63, 3.8) is 0 Å². The van der Waals surface area contributed by atoms with Crippen LogP contribution in [0, 0.1) is 0 Å². The number of aromatic amines is 1. The van der Waals surface area contributed by atoms with E-state index < -0.39 is 0 Å². The van der Waals surface area contributed by atoms with Crippen LogP contribution in [0.2, 0.25) is 0 Å². The van der Waals surface area contributed by atoms with E-state index in [-0.39, 0.29) is 17.0 Å². The molecule has 3 heterocycles. The van der Waals surface area contributed by atoms with E-state index in [0.29, 0.717) is 28.3 Å². The normalized spacial score (nSPS) is 13.9. The Morgan fingerprint density at radius 2 is 1.94 bits per heavy atom. The van der Waals surface area contributed by atoms with Crippen LogP contribution in [0.1, 0.15) is 31.2 Å². The lowest BCUT2D eigenvalue weighted by molar-refractivity contribution is 0.415. The molecule has 1 aromatic carbocycles. The van der Waals surface area contributed by atoms with Crippen molar-refractivity contribution in [2.24, 2.45) is 0 Å². The number of nitrogens with one attached hydrogen (secondary N) is 1. The average molecular weight is 414 g/mol. The van der Waals surface area contributed by atoms with Gasteiger partial charge in [0.05, 0.1) is 18.4 Å². The molecule has 5 rings (SSSR count). The molecule has 0 spiro atoms. The van der Waals surface area contributed by atoms with Crippen LogP contribution in [0.5, 0.6) is 11.6 Å². The number of hydrogen-bond acceptors (Lipinski definition) is 5. The van der Waals surface area contributed by atoms with Crippen LogP contribution in [-0.4, -0.2) is 31.8 Å². The van der Waals surface area contributed by atoms with Crippen molar-refractivity contribution in [2.45, 2.75) is 25.7 Å². The number of rotatable bonds is 4. The second kappa shape index (κ2) is 7.75. The number of allylic oxidation sites excluding steroid dienone is 2. The first-order valence-electron chi connectivity index (χ1n) is 10.3. The summed E-state index contributed by atoms with van der Waals surface area (Å²) in [4.78, 5) is 20.5. The average Bonchev–Trinajstić information content (AvgIpc) is 3.20. The van der Waals surface area contributed by atoms with Crippen LogP contribution in [0.25, 0.3) is 33.7 Å². The highest BCUT2D eigenvalue weighted by Gasteiger charge is 2.24. The number of ether oxygens (including phenoxy) is 1. The molecule has 0 bridgehead atoms. The number of H-pyrrole nitrogens is 1. The number of nitrogens with zero attached hydrogens (tertiary/aromatic N) is 3. The molecule has 0 unspecified atom stereocenters. The summed E-state index contributed by atoms with van der Waals surface area (Å²) in [7, 11) is 1.58. The Kier molecular flexibility index (Phi) is 4.78. The highest BCUT2D eigenvalue weighted by atomic mass is 16.5. The summed E-state index contributed by atoms with van der Waals surface area (Å²) in [6, 6.07) is 12.6. The lowest BCUT2D eigenvalue weighted by Crippen LogP contribution is -2.13. The zero-order valence-electron chi connectivity index (χ0n) is 17.1. The van der Waals surface area contributed by atoms with Crippen LogP contribution < -0.4 is 10.3 Å². The first-order valence-corrected chi connectivity index (χ1v) is 10.3. The van der Waals surface area contributed by atoms with Crippen LogP contribution in [0.4, 0.5) is 0 Å². The highest BCUT2D eigenvalue weighted by Crippen LogP contribution is 2.37. The molecule has 1 aliphatic rings. The molecule has 0 saturated heterocycles. The lowest BCUT2D eigenvalue weighted by Gasteiger charge is -2.13. The first kappa shape index (κ1) is 19.1. The summed E-state index contributed by atoms with van der Waals surface area (Å²) in [5, 5.41) is 15.8. The van der Waals surface area contributed by atoms with Gasteiger partial charge < -0.3 is 14.8 Å². The van der Waals surface area contributed by atoms with Crippen molar-refractivity contribution in [3.05, 3.63) is 70.7 Å². The maximum atomic E-state index is 13.1. The molecule has 156 valence electrons. The third-order valence-corrected chi connectivity index (χ3v) is 5.67. The number of aromatic hydroxyl groups is 1. The van der Waals surface area contributed by atoms with E-state index in [9.17, 15) is 9.90 Å². The molecule has 0 atom stereocenters. The maximum absolute atomic E-state index is 13.1. The highest BCUT2D eigenvalue weighted by molar-refractivity contribution is 5.87. The van der Waals surface area contributed by atoms with Crippen molar-refractivity contribution < 1.29 is 9.84 Å². The van der Waals surface area contributed by atoms with E-state index in [2.05, 4.69) is 21.1 Å². The lowest BCUT2D eigenvalue weighted by atomic mass is 9.93. The molecule has 4 aromatic rings. The van der Waals surface area contributed by atoms with Crippen molar-refractivity contribution in [3.8, 4) is 34.1 Å². The van der Waals surface area contributed by atoms with Gasteiger partial charge in [-0.3, -0.25) is 9.78 Å². The number of aromatic nitrogens is 4. The van der Waals surface area contributed by atoms with E-state index in [1.165, 1.54) is 4.52 Å². The Labute approximate surface area is 178 Å². The summed E-state index contributed by atoms with van der Waals surface area (Å²) < 4.78 is 6.60. The van der Waals surface area contributed by atoms with Gasteiger partial charge in [-0.2, -0.15) is 9.61 Å². The van der Waals surface area contributed by atoms with Crippen molar-refractivity contribution >= 4 is 11.2 Å². The van der Waals surface area contributed by atoms with Gasteiger partial charge in [0.1, 0.15) is 22.7 Å².